The maximum absolute atomic E-state index is 13.3. The molecule has 5 heteroatoms. The fourth-order valence-corrected chi connectivity index (χ4v) is 1.90. The highest BCUT2D eigenvalue weighted by Gasteiger charge is 2.05. The van der Waals surface area contributed by atoms with Crippen LogP contribution in [0.1, 0.15) is 11.3 Å². The van der Waals surface area contributed by atoms with Crippen LogP contribution in [0.5, 0.6) is 11.6 Å². The van der Waals surface area contributed by atoms with Gasteiger partial charge in [-0.1, -0.05) is 0 Å². The van der Waals surface area contributed by atoms with Crippen LogP contribution in [0.15, 0.2) is 34.8 Å². The summed E-state index contributed by atoms with van der Waals surface area (Å²) in [7, 11) is 0. The quantitative estimate of drug-likeness (QED) is 0.753. The maximum atomic E-state index is 13.3. The van der Waals surface area contributed by atoms with Gasteiger partial charge in [0.2, 0.25) is 5.88 Å². The van der Waals surface area contributed by atoms with Crippen molar-refractivity contribution in [3.63, 3.8) is 0 Å². The van der Waals surface area contributed by atoms with E-state index >= 15 is 0 Å². The van der Waals surface area contributed by atoms with E-state index in [4.69, 9.17) is 16.3 Å². The Morgan fingerprint density at radius 3 is 2.78 bits per heavy atom. The van der Waals surface area contributed by atoms with Crippen molar-refractivity contribution in [1.82, 2.24) is 4.98 Å². The SMILES string of the molecule is Cc1cc(CCl)cc(Oc2ccc(Br)c(F)c2)n1. The van der Waals surface area contributed by atoms with Crippen LogP contribution in [0.3, 0.4) is 0 Å². The number of halogens is 3. The van der Waals surface area contributed by atoms with E-state index in [0.717, 1.165) is 11.3 Å². The minimum Gasteiger partial charge on any atom is -0.439 e. The van der Waals surface area contributed by atoms with E-state index < -0.39 is 0 Å². The number of aryl methyl sites for hydroxylation is 1. The minimum absolute atomic E-state index is 0.377. The summed E-state index contributed by atoms with van der Waals surface area (Å²) < 4.78 is 19.2. The number of pyridine rings is 1. The minimum atomic E-state index is -0.377. The molecule has 0 N–H and O–H groups in total. The van der Waals surface area contributed by atoms with E-state index in [9.17, 15) is 4.39 Å². The second-order valence-corrected chi connectivity index (χ2v) is 4.89. The van der Waals surface area contributed by atoms with Gasteiger partial charge in [-0.3, -0.25) is 0 Å². The molecule has 0 unspecified atom stereocenters. The van der Waals surface area contributed by atoms with E-state index in [1.165, 1.54) is 6.07 Å². The first kappa shape index (κ1) is 13.3. The van der Waals surface area contributed by atoms with Gasteiger partial charge in [0.25, 0.3) is 0 Å². The Morgan fingerprint density at radius 2 is 2.11 bits per heavy atom. The molecule has 2 rings (SSSR count). The summed E-state index contributed by atoms with van der Waals surface area (Å²) in [5.41, 5.74) is 1.72. The first-order valence-corrected chi connectivity index (χ1v) is 6.57. The summed E-state index contributed by atoms with van der Waals surface area (Å²) in [5.74, 6) is 0.813. The van der Waals surface area contributed by atoms with E-state index in [1.807, 2.05) is 13.0 Å². The lowest BCUT2D eigenvalue weighted by atomic mass is 10.2. The lowest BCUT2D eigenvalue weighted by Crippen LogP contribution is -1.93. The molecule has 2 nitrogen and oxygen atoms in total. The van der Waals surface area contributed by atoms with Gasteiger partial charge in [-0.2, -0.15) is 0 Å². The average molecular weight is 331 g/mol. The number of hydrogen-bond donors (Lipinski definition) is 0. The Balaban J connectivity index is 2.27. The number of alkyl halides is 1. The molecule has 1 aromatic heterocycles. The Morgan fingerprint density at radius 1 is 1.33 bits per heavy atom. The topological polar surface area (TPSA) is 22.1 Å². The molecule has 0 atom stereocenters. The third kappa shape index (κ3) is 3.21. The van der Waals surface area contributed by atoms with Gasteiger partial charge < -0.3 is 4.74 Å². The second kappa shape index (κ2) is 5.67. The third-order valence-corrected chi connectivity index (χ3v) is 3.21. The van der Waals surface area contributed by atoms with Gasteiger partial charge in [0.05, 0.1) is 4.47 Å². The summed E-state index contributed by atoms with van der Waals surface area (Å²) >= 11 is 8.86. The van der Waals surface area contributed by atoms with Gasteiger partial charge in [-0.25, -0.2) is 9.37 Å². The zero-order chi connectivity index (χ0) is 13.1. The molecule has 0 bridgehead atoms. The number of aromatic nitrogens is 1. The van der Waals surface area contributed by atoms with Gasteiger partial charge in [0.15, 0.2) is 0 Å². The van der Waals surface area contributed by atoms with Crippen LogP contribution in [0, 0.1) is 12.7 Å². The maximum Gasteiger partial charge on any atom is 0.219 e. The standard InChI is InChI=1S/C13H10BrClFNO/c1-8-4-9(7-15)5-13(17-8)18-10-2-3-11(14)12(16)6-10/h2-6H,7H2,1H3. The van der Waals surface area contributed by atoms with Crippen LogP contribution < -0.4 is 4.74 Å². The third-order valence-electron chi connectivity index (χ3n) is 2.26. The Labute approximate surface area is 118 Å². The van der Waals surface area contributed by atoms with Crippen LogP contribution in [0.2, 0.25) is 0 Å². The molecule has 0 fully saturated rings. The van der Waals surface area contributed by atoms with E-state index in [0.29, 0.717) is 22.0 Å². The Kier molecular flexibility index (Phi) is 4.19. The highest BCUT2D eigenvalue weighted by molar-refractivity contribution is 9.10. The van der Waals surface area contributed by atoms with Crippen molar-refractivity contribution in [2.24, 2.45) is 0 Å². The number of nitrogens with zero attached hydrogens (tertiary/aromatic N) is 1. The largest absolute Gasteiger partial charge is 0.439 e. The van der Waals surface area contributed by atoms with Crippen molar-refractivity contribution in [3.05, 3.63) is 51.9 Å². The molecule has 94 valence electrons. The summed E-state index contributed by atoms with van der Waals surface area (Å²) in [5, 5.41) is 0. The normalized spacial score (nSPS) is 10.4. The van der Waals surface area contributed by atoms with Crippen LogP contribution in [-0.4, -0.2) is 4.98 Å². The first-order valence-electron chi connectivity index (χ1n) is 5.25. The van der Waals surface area contributed by atoms with E-state index in [1.54, 1.807) is 18.2 Å². The van der Waals surface area contributed by atoms with Gasteiger partial charge in [0.1, 0.15) is 11.6 Å². The van der Waals surface area contributed by atoms with Gasteiger partial charge in [-0.05, 0) is 46.6 Å². The second-order valence-electron chi connectivity index (χ2n) is 3.77. The molecule has 0 spiro atoms. The zero-order valence-electron chi connectivity index (χ0n) is 9.58. The number of rotatable bonds is 3. The molecule has 0 aliphatic carbocycles. The zero-order valence-corrected chi connectivity index (χ0v) is 11.9. The van der Waals surface area contributed by atoms with Crippen LogP contribution in [-0.2, 0) is 5.88 Å². The summed E-state index contributed by atoms with van der Waals surface area (Å²) in [4.78, 5) is 4.21. The van der Waals surface area contributed by atoms with E-state index in [2.05, 4.69) is 20.9 Å². The lowest BCUT2D eigenvalue weighted by Gasteiger charge is -2.07. The van der Waals surface area contributed by atoms with E-state index in [-0.39, 0.29) is 5.82 Å². The first-order chi connectivity index (χ1) is 8.58. The Hall–Kier alpha value is -1.13. The molecular formula is C13H10BrClFNO. The van der Waals surface area contributed by atoms with Gasteiger partial charge >= 0.3 is 0 Å². The van der Waals surface area contributed by atoms with Gasteiger partial charge in [0, 0.05) is 23.7 Å². The van der Waals surface area contributed by atoms with Crippen molar-refractivity contribution >= 4 is 27.5 Å². The molecule has 0 saturated carbocycles. The molecular weight excluding hydrogens is 321 g/mol. The molecule has 0 aliphatic rings. The summed E-state index contributed by atoms with van der Waals surface area (Å²) in [6.45, 7) is 1.85. The molecule has 0 amide bonds. The van der Waals surface area contributed by atoms with Crippen LogP contribution in [0.4, 0.5) is 4.39 Å². The molecule has 18 heavy (non-hydrogen) atoms. The number of benzene rings is 1. The molecule has 2 aromatic rings. The van der Waals surface area contributed by atoms with Crippen LogP contribution in [0.25, 0.3) is 0 Å². The predicted octanol–water partition coefficient (Wildman–Crippen LogP) is 4.82. The fraction of sp³-hybridized carbons (Fsp3) is 0.154. The Bertz CT molecular complexity index is 577. The van der Waals surface area contributed by atoms with Crippen molar-refractivity contribution in [3.8, 4) is 11.6 Å². The smallest absolute Gasteiger partial charge is 0.219 e. The highest BCUT2D eigenvalue weighted by Crippen LogP contribution is 2.25. The number of ether oxygens (including phenoxy) is 1. The average Bonchev–Trinajstić information content (AvgIpc) is 2.33. The molecule has 1 aromatic carbocycles. The van der Waals surface area contributed by atoms with Crippen molar-refractivity contribution in [2.45, 2.75) is 12.8 Å². The van der Waals surface area contributed by atoms with Crippen molar-refractivity contribution in [2.75, 3.05) is 0 Å². The molecule has 0 saturated heterocycles. The fourth-order valence-electron chi connectivity index (χ4n) is 1.50. The monoisotopic (exact) mass is 329 g/mol. The van der Waals surface area contributed by atoms with Gasteiger partial charge in [-0.15, -0.1) is 11.6 Å². The summed E-state index contributed by atoms with van der Waals surface area (Å²) in [6, 6.07) is 8.16. The summed E-state index contributed by atoms with van der Waals surface area (Å²) in [6.07, 6.45) is 0. The number of hydrogen-bond acceptors (Lipinski definition) is 2. The molecule has 0 radical (unpaired) electrons. The molecule has 0 aliphatic heterocycles. The highest BCUT2D eigenvalue weighted by atomic mass is 79.9. The molecule has 1 heterocycles. The predicted molar refractivity (Wildman–Crippen MR) is 72.7 cm³/mol. The van der Waals surface area contributed by atoms with Crippen molar-refractivity contribution < 1.29 is 9.13 Å². The van der Waals surface area contributed by atoms with Crippen LogP contribution >= 0.6 is 27.5 Å². The van der Waals surface area contributed by atoms with Crippen molar-refractivity contribution in [1.29, 1.82) is 0 Å². The lowest BCUT2D eigenvalue weighted by molar-refractivity contribution is 0.456.